The van der Waals surface area contributed by atoms with Crippen molar-refractivity contribution in [2.24, 2.45) is 0 Å². The standard InChI is InChI=1S/C17H20N4O2/c1-2-20-15(22)17(7-9-19-10-8-17)21(16(20)23)12-14-5-3-13(11-18)4-6-14/h3-6,19H,2,7-10,12H2,1H3. The van der Waals surface area contributed by atoms with E-state index in [1.165, 1.54) is 4.90 Å². The molecule has 3 amide bonds. The van der Waals surface area contributed by atoms with Crippen molar-refractivity contribution in [2.45, 2.75) is 31.8 Å². The zero-order chi connectivity index (χ0) is 16.4. The SMILES string of the molecule is CCN1C(=O)N(Cc2ccc(C#N)cc2)C2(CCNCC2)C1=O. The molecular weight excluding hydrogens is 292 g/mol. The highest BCUT2D eigenvalue weighted by Crippen LogP contribution is 2.36. The van der Waals surface area contributed by atoms with E-state index in [0.717, 1.165) is 18.7 Å². The number of hydrogen-bond donors (Lipinski definition) is 1. The van der Waals surface area contributed by atoms with E-state index in [-0.39, 0.29) is 11.9 Å². The van der Waals surface area contributed by atoms with Crippen LogP contribution in [-0.2, 0) is 11.3 Å². The van der Waals surface area contributed by atoms with E-state index in [9.17, 15) is 9.59 Å². The van der Waals surface area contributed by atoms with Gasteiger partial charge in [0, 0.05) is 13.1 Å². The minimum absolute atomic E-state index is 0.0693. The first kappa shape index (κ1) is 15.5. The fourth-order valence-electron chi connectivity index (χ4n) is 3.47. The lowest BCUT2D eigenvalue weighted by Gasteiger charge is -2.38. The summed E-state index contributed by atoms with van der Waals surface area (Å²) in [6, 6.07) is 9.06. The summed E-state index contributed by atoms with van der Waals surface area (Å²) in [6.07, 6.45) is 1.29. The van der Waals surface area contributed by atoms with Crippen LogP contribution in [0.25, 0.3) is 0 Å². The Labute approximate surface area is 135 Å². The highest BCUT2D eigenvalue weighted by atomic mass is 16.2. The Hall–Kier alpha value is -2.39. The van der Waals surface area contributed by atoms with Crippen molar-refractivity contribution >= 4 is 11.9 Å². The maximum atomic E-state index is 12.8. The molecule has 0 aromatic heterocycles. The molecule has 0 aliphatic carbocycles. The summed E-state index contributed by atoms with van der Waals surface area (Å²) >= 11 is 0. The molecule has 6 heteroatoms. The third-order valence-electron chi connectivity index (χ3n) is 4.79. The quantitative estimate of drug-likeness (QED) is 0.857. The monoisotopic (exact) mass is 312 g/mol. The van der Waals surface area contributed by atoms with Crippen molar-refractivity contribution < 1.29 is 9.59 Å². The maximum Gasteiger partial charge on any atom is 0.327 e. The van der Waals surface area contributed by atoms with Crippen LogP contribution in [0.4, 0.5) is 4.79 Å². The average molecular weight is 312 g/mol. The highest BCUT2D eigenvalue weighted by molar-refractivity contribution is 6.07. The number of urea groups is 1. The predicted octanol–water partition coefficient (Wildman–Crippen LogP) is 1.46. The van der Waals surface area contributed by atoms with Gasteiger partial charge in [0.1, 0.15) is 5.54 Å². The molecule has 1 aromatic carbocycles. The van der Waals surface area contributed by atoms with Gasteiger partial charge >= 0.3 is 6.03 Å². The van der Waals surface area contributed by atoms with Crippen molar-refractivity contribution in [3.63, 3.8) is 0 Å². The molecule has 0 radical (unpaired) electrons. The normalized spacial score (nSPS) is 20.2. The Morgan fingerprint density at radius 2 is 1.87 bits per heavy atom. The molecule has 6 nitrogen and oxygen atoms in total. The van der Waals surface area contributed by atoms with Gasteiger partial charge in [-0.25, -0.2) is 4.79 Å². The molecule has 120 valence electrons. The van der Waals surface area contributed by atoms with Crippen LogP contribution in [0.2, 0.25) is 0 Å². The predicted molar refractivity (Wildman–Crippen MR) is 84.3 cm³/mol. The molecule has 0 atom stereocenters. The summed E-state index contributed by atoms with van der Waals surface area (Å²) in [6.45, 7) is 4.10. The van der Waals surface area contributed by atoms with Crippen LogP contribution in [0.1, 0.15) is 30.9 Å². The fraction of sp³-hybridized carbons (Fsp3) is 0.471. The van der Waals surface area contributed by atoms with Crippen molar-refractivity contribution in [3.05, 3.63) is 35.4 Å². The molecule has 2 saturated heterocycles. The molecule has 1 aromatic rings. The zero-order valence-electron chi connectivity index (χ0n) is 13.2. The zero-order valence-corrected chi connectivity index (χ0v) is 13.2. The molecular formula is C17H20N4O2. The van der Waals surface area contributed by atoms with E-state index in [0.29, 0.717) is 31.5 Å². The summed E-state index contributed by atoms with van der Waals surface area (Å²) in [5.74, 6) is -0.0693. The highest BCUT2D eigenvalue weighted by Gasteiger charge is 2.56. The third-order valence-corrected chi connectivity index (χ3v) is 4.79. The third kappa shape index (κ3) is 2.47. The Bertz CT molecular complexity index is 656. The number of likely N-dealkylation sites (N-methyl/N-ethyl adjacent to an activating group) is 1. The topological polar surface area (TPSA) is 76.4 Å². The molecule has 2 aliphatic rings. The van der Waals surface area contributed by atoms with Crippen molar-refractivity contribution in [2.75, 3.05) is 19.6 Å². The van der Waals surface area contributed by atoms with Crippen LogP contribution in [0.3, 0.4) is 0 Å². The molecule has 2 aliphatic heterocycles. The van der Waals surface area contributed by atoms with Gasteiger partial charge in [0.25, 0.3) is 5.91 Å². The number of carbonyl (C=O) groups excluding carboxylic acids is 2. The van der Waals surface area contributed by atoms with Gasteiger partial charge in [0.05, 0.1) is 11.6 Å². The summed E-state index contributed by atoms with van der Waals surface area (Å²) in [7, 11) is 0. The smallest absolute Gasteiger partial charge is 0.317 e. The van der Waals surface area contributed by atoms with Gasteiger partial charge in [-0.1, -0.05) is 12.1 Å². The van der Waals surface area contributed by atoms with Crippen LogP contribution in [0.5, 0.6) is 0 Å². The van der Waals surface area contributed by atoms with Gasteiger partial charge in [-0.3, -0.25) is 9.69 Å². The van der Waals surface area contributed by atoms with Gasteiger partial charge < -0.3 is 10.2 Å². The number of nitriles is 1. The van der Waals surface area contributed by atoms with Crippen LogP contribution in [-0.4, -0.2) is 46.9 Å². The van der Waals surface area contributed by atoms with E-state index >= 15 is 0 Å². The molecule has 2 heterocycles. The van der Waals surface area contributed by atoms with Crippen molar-refractivity contribution in [1.82, 2.24) is 15.1 Å². The lowest BCUT2D eigenvalue weighted by Crippen LogP contribution is -2.55. The number of carbonyl (C=O) groups is 2. The van der Waals surface area contributed by atoms with Gasteiger partial charge in [-0.05, 0) is 50.6 Å². The molecule has 0 unspecified atom stereocenters. The number of piperidine rings is 1. The van der Waals surface area contributed by atoms with Gasteiger partial charge in [-0.2, -0.15) is 5.26 Å². The van der Waals surface area contributed by atoms with Crippen molar-refractivity contribution in [1.29, 1.82) is 5.26 Å². The lowest BCUT2D eigenvalue weighted by molar-refractivity contribution is -0.134. The van der Waals surface area contributed by atoms with E-state index < -0.39 is 5.54 Å². The second-order valence-electron chi connectivity index (χ2n) is 6.01. The molecule has 0 saturated carbocycles. The largest absolute Gasteiger partial charge is 0.327 e. The first-order chi connectivity index (χ1) is 11.1. The molecule has 3 rings (SSSR count). The van der Waals surface area contributed by atoms with Crippen LogP contribution < -0.4 is 5.32 Å². The average Bonchev–Trinajstić information content (AvgIpc) is 2.77. The molecule has 2 fully saturated rings. The molecule has 1 spiro atoms. The first-order valence-electron chi connectivity index (χ1n) is 7.95. The van der Waals surface area contributed by atoms with Gasteiger partial charge in [0.2, 0.25) is 0 Å². The minimum atomic E-state index is -0.716. The Morgan fingerprint density at radius 1 is 1.22 bits per heavy atom. The summed E-state index contributed by atoms with van der Waals surface area (Å²) in [4.78, 5) is 28.6. The molecule has 1 N–H and O–H groups in total. The maximum absolute atomic E-state index is 12.8. The Morgan fingerprint density at radius 3 is 2.43 bits per heavy atom. The second kappa shape index (κ2) is 6.01. The number of benzene rings is 1. The first-order valence-corrected chi connectivity index (χ1v) is 7.95. The number of hydrogen-bond acceptors (Lipinski definition) is 4. The van der Waals surface area contributed by atoms with Crippen LogP contribution in [0.15, 0.2) is 24.3 Å². The number of nitrogens with zero attached hydrogens (tertiary/aromatic N) is 3. The fourth-order valence-corrected chi connectivity index (χ4v) is 3.47. The Kier molecular flexibility index (Phi) is 4.05. The van der Waals surface area contributed by atoms with E-state index in [1.807, 2.05) is 19.1 Å². The summed E-state index contributed by atoms with van der Waals surface area (Å²) < 4.78 is 0. The summed E-state index contributed by atoms with van der Waals surface area (Å²) in [5, 5.41) is 12.1. The van der Waals surface area contributed by atoms with Gasteiger partial charge in [-0.15, -0.1) is 0 Å². The van der Waals surface area contributed by atoms with Crippen LogP contribution >= 0.6 is 0 Å². The summed E-state index contributed by atoms with van der Waals surface area (Å²) in [5.41, 5.74) is 0.803. The molecule has 23 heavy (non-hydrogen) atoms. The minimum Gasteiger partial charge on any atom is -0.317 e. The van der Waals surface area contributed by atoms with E-state index in [2.05, 4.69) is 11.4 Å². The van der Waals surface area contributed by atoms with Crippen molar-refractivity contribution in [3.8, 4) is 6.07 Å². The number of imide groups is 1. The number of amides is 3. The van der Waals surface area contributed by atoms with E-state index in [1.54, 1.807) is 17.0 Å². The number of nitrogens with one attached hydrogen (secondary N) is 1. The Balaban J connectivity index is 1.91. The number of rotatable bonds is 3. The molecule has 0 bridgehead atoms. The van der Waals surface area contributed by atoms with Crippen LogP contribution in [0, 0.1) is 11.3 Å². The second-order valence-corrected chi connectivity index (χ2v) is 6.01. The lowest BCUT2D eigenvalue weighted by atomic mass is 9.86. The van der Waals surface area contributed by atoms with Gasteiger partial charge in [0.15, 0.2) is 0 Å². The van der Waals surface area contributed by atoms with E-state index in [4.69, 9.17) is 5.26 Å².